The molecule has 0 saturated carbocycles. The number of para-hydroxylation sites is 1. The van der Waals surface area contributed by atoms with Gasteiger partial charge in [0, 0.05) is 15.6 Å². The van der Waals surface area contributed by atoms with Crippen molar-refractivity contribution in [1.29, 1.82) is 0 Å². The van der Waals surface area contributed by atoms with Gasteiger partial charge in [-0.25, -0.2) is 0 Å². The predicted molar refractivity (Wildman–Crippen MR) is 126 cm³/mol. The number of carbonyl (C=O) groups is 1. The largest absolute Gasteiger partial charge is 0.450 e. The molecule has 0 fully saturated rings. The van der Waals surface area contributed by atoms with E-state index in [4.69, 9.17) is 16.0 Å². The lowest BCUT2D eigenvalue weighted by molar-refractivity contribution is 0.0971. The fourth-order valence-corrected chi connectivity index (χ4v) is 4.60. The van der Waals surface area contributed by atoms with Crippen molar-refractivity contribution in [3.63, 3.8) is 0 Å². The molecule has 6 heteroatoms. The van der Waals surface area contributed by atoms with E-state index in [0.717, 1.165) is 16.0 Å². The molecule has 154 valence electrons. The molecule has 4 nitrogen and oxygen atoms in total. The van der Waals surface area contributed by atoms with Crippen LogP contribution in [-0.2, 0) is 0 Å². The van der Waals surface area contributed by atoms with Gasteiger partial charge in [0.1, 0.15) is 5.58 Å². The quantitative estimate of drug-likeness (QED) is 0.349. The first-order valence-corrected chi connectivity index (χ1v) is 11.4. The Bertz CT molecular complexity index is 1390. The van der Waals surface area contributed by atoms with Gasteiger partial charge in [0.2, 0.25) is 5.76 Å². The summed E-state index contributed by atoms with van der Waals surface area (Å²) in [5, 5.41) is 1.02. The molecule has 1 aromatic heterocycles. The van der Waals surface area contributed by atoms with E-state index in [9.17, 15) is 9.59 Å². The lowest BCUT2D eigenvalue weighted by Crippen LogP contribution is -2.29. The van der Waals surface area contributed by atoms with Crippen LogP contribution < -0.4 is 10.3 Å². The molecular weight excluding hydrogens is 430 g/mol. The molecule has 1 aliphatic rings. The van der Waals surface area contributed by atoms with Crippen LogP contribution in [0.3, 0.4) is 0 Å². The number of hydrogen-bond donors (Lipinski definition) is 0. The number of anilines is 1. The van der Waals surface area contributed by atoms with Crippen molar-refractivity contribution in [2.45, 2.75) is 17.9 Å². The normalized spacial score (nSPS) is 15.5. The number of rotatable bonds is 3. The number of halogens is 1. The number of carbonyl (C=O) groups excluding carboxylic acids is 1. The van der Waals surface area contributed by atoms with E-state index in [1.54, 1.807) is 47.0 Å². The monoisotopic (exact) mass is 447 g/mol. The summed E-state index contributed by atoms with van der Waals surface area (Å²) in [5.74, 6) is -0.268. The van der Waals surface area contributed by atoms with Crippen molar-refractivity contribution in [3.8, 4) is 0 Å². The minimum atomic E-state index is -0.599. The molecule has 5 rings (SSSR count). The van der Waals surface area contributed by atoms with Crippen LogP contribution in [0.25, 0.3) is 11.0 Å². The van der Waals surface area contributed by atoms with E-state index >= 15 is 0 Å². The third-order valence-corrected chi connectivity index (χ3v) is 6.79. The van der Waals surface area contributed by atoms with Crippen molar-refractivity contribution >= 4 is 45.9 Å². The molecular formula is C25H18ClNO3S. The third kappa shape index (κ3) is 3.16. The van der Waals surface area contributed by atoms with E-state index in [2.05, 4.69) is 0 Å². The summed E-state index contributed by atoms with van der Waals surface area (Å²) >= 11 is 8.01. The molecule has 1 aliphatic heterocycles. The van der Waals surface area contributed by atoms with Gasteiger partial charge in [-0.3, -0.25) is 14.5 Å². The molecule has 2 heterocycles. The van der Waals surface area contributed by atoms with Gasteiger partial charge < -0.3 is 4.42 Å². The Hall–Kier alpha value is -3.02. The number of nitrogens with zero attached hydrogens (tertiary/aromatic N) is 1. The number of hydrogen-bond acceptors (Lipinski definition) is 4. The van der Waals surface area contributed by atoms with Gasteiger partial charge in [-0.2, -0.15) is 0 Å². The van der Waals surface area contributed by atoms with E-state index in [-0.39, 0.29) is 17.1 Å². The van der Waals surface area contributed by atoms with E-state index < -0.39 is 6.04 Å². The van der Waals surface area contributed by atoms with Crippen molar-refractivity contribution < 1.29 is 9.21 Å². The molecule has 1 amide bonds. The predicted octanol–water partition coefficient (Wildman–Crippen LogP) is 6.23. The van der Waals surface area contributed by atoms with Crippen molar-refractivity contribution in [2.24, 2.45) is 0 Å². The van der Waals surface area contributed by atoms with Crippen LogP contribution in [-0.4, -0.2) is 12.2 Å². The summed E-state index contributed by atoms with van der Waals surface area (Å²) < 4.78 is 5.97. The molecule has 0 saturated heterocycles. The summed E-state index contributed by atoms with van der Waals surface area (Å²) in [6, 6.07) is 19.8. The first-order chi connectivity index (χ1) is 15.0. The second kappa shape index (κ2) is 7.59. The first-order valence-electron chi connectivity index (χ1n) is 9.79. The highest BCUT2D eigenvalue weighted by Gasteiger charge is 2.43. The second-order valence-corrected chi connectivity index (χ2v) is 8.74. The highest BCUT2D eigenvalue weighted by atomic mass is 35.5. The van der Waals surface area contributed by atoms with Crippen LogP contribution in [0.15, 0.2) is 80.8 Å². The summed E-state index contributed by atoms with van der Waals surface area (Å²) in [4.78, 5) is 29.7. The number of amides is 1. The minimum Gasteiger partial charge on any atom is -0.450 e. The van der Waals surface area contributed by atoms with Gasteiger partial charge in [0.15, 0.2) is 5.43 Å². The zero-order valence-corrected chi connectivity index (χ0v) is 18.5. The smallest absolute Gasteiger partial charge is 0.295 e. The molecule has 0 radical (unpaired) electrons. The van der Waals surface area contributed by atoms with E-state index in [0.29, 0.717) is 27.2 Å². The Morgan fingerprint density at radius 3 is 2.45 bits per heavy atom. The second-order valence-electron chi connectivity index (χ2n) is 7.45. The molecule has 31 heavy (non-hydrogen) atoms. The van der Waals surface area contributed by atoms with Gasteiger partial charge in [-0.15, -0.1) is 11.8 Å². The molecule has 1 atom stereocenters. The average molecular weight is 448 g/mol. The SMILES string of the molecule is CSc1ccc([C@@H]2c3c(oc4ccccc4c3=O)C(=O)N2c2ccc(C)c(Cl)c2)cc1. The molecule has 3 aromatic carbocycles. The highest BCUT2D eigenvalue weighted by molar-refractivity contribution is 7.98. The number of aryl methyl sites for hydroxylation is 1. The van der Waals surface area contributed by atoms with Gasteiger partial charge in [0.25, 0.3) is 5.91 Å². The van der Waals surface area contributed by atoms with Crippen LogP contribution in [0.1, 0.15) is 33.3 Å². The third-order valence-electron chi connectivity index (χ3n) is 5.64. The molecule has 0 unspecified atom stereocenters. The van der Waals surface area contributed by atoms with Crippen molar-refractivity contribution in [3.05, 3.63) is 104 Å². The van der Waals surface area contributed by atoms with Crippen molar-refractivity contribution in [1.82, 2.24) is 0 Å². The Balaban J connectivity index is 1.79. The molecule has 0 N–H and O–H groups in total. The zero-order chi connectivity index (χ0) is 21.7. The van der Waals surface area contributed by atoms with Crippen LogP contribution >= 0.6 is 23.4 Å². The minimum absolute atomic E-state index is 0.0827. The number of benzene rings is 3. The Kier molecular flexibility index (Phi) is 4.88. The van der Waals surface area contributed by atoms with Crippen LogP contribution in [0, 0.1) is 6.92 Å². The maximum atomic E-state index is 13.5. The first kappa shape index (κ1) is 19.9. The summed E-state index contributed by atoms with van der Waals surface area (Å²) in [7, 11) is 0. The standard InChI is InChI=1S/C25H18ClNO3S/c1-14-7-10-16(13-19(14)26)27-22(15-8-11-17(31-2)12-9-15)21-23(28)18-5-3-4-6-20(18)30-24(21)25(27)29/h3-13,22H,1-2H3/t22-/m1/s1. The zero-order valence-electron chi connectivity index (χ0n) is 16.9. The van der Waals surface area contributed by atoms with Crippen LogP contribution in [0.2, 0.25) is 5.02 Å². The summed E-state index contributed by atoms with van der Waals surface area (Å²) in [6.45, 7) is 1.91. The Morgan fingerprint density at radius 2 is 1.74 bits per heavy atom. The summed E-state index contributed by atoms with van der Waals surface area (Å²) in [5.41, 5.74) is 2.94. The van der Waals surface area contributed by atoms with Crippen LogP contribution in [0.4, 0.5) is 5.69 Å². The number of thioether (sulfide) groups is 1. The summed E-state index contributed by atoms with van der Waals surface area (Å²) in [6.07, 6.45) is 2.00. The van der Waals surface area contributed by atoms with E-state index in [1.807, 2.05) is 49.6 Å². The fourth-order valence-electron chi connectivity index (χ4n) is 4.02. The molecule has 0 spiro atoms. The molecule has 0 bridgehead atoms. The maximum Gasteiger partial charge on any atom is 0.295 e. The average Bonchev–Trinajstić information content (AvgIpc) is 3.08. The maximum absolute atomic E-state index is 13.5. The van der Waals surface area contributed by atoms with Gasteiger partial charge >= 0.3 is 0 Å². The number of fused-ring (bicyclic) bond motifs is 2. The topological polar surface area (TPSA) is 50.5 Å². The molecule has 4 aromatic rings. The van der Waals surface area contributed by atoms with Gasteiger partial charge in [-0.05, 0) is 60.7 Å². The van der Waals surface area contributed by atoms with Crippen LogP contribution in [0.5, 0.6) is 0 Å². The lowest BCUT2D eigenvalue weighted by atomic mass is 9.98. The molecule has 0 aliphatic carbocycles. The Labute approximate surface area is 188 Å². The highest BCUT2D eigenvalue weighted by Crippen LogP contribution is 2.42. The Morgan fingerprint density at radius 1 is 1.00 bits per heavy atom. The lowest BCUT2D eigenvalue weighted by Gasteiger charge is -2.25. The van der Waals surface area contributed by atoms with Gasteiger partial charge in [-0.1, -0.05) is 41.9 Å². The van der Waals surface area contributed by atoms with E-state index in [1.165, 1.54) is 0 Å². The van der Waals surface area contributed by atoms with Crippen molar-refractivity contribution in [2.75, 3.05) is 11.2 Å². The fraction of sp³-hybridized carbons (Fsp3) is 0.120. The van der Waals surface area contributed by atoms with Gasteiger partial charge in [0.05, 0.1) is 17.0 Å².